The molecule has 0 N–H and O–H groups in total. The van der Waals surface area contributed by atoms with E-state index >= 15 is 0 Å². The highest BCUT2D eigenvalue weighted by atomic mass is 15.4. The molecule has 2 heterocycles. The molecule has 4 heteroatoms. The molecule has 0 radical (unpaired) electrons. The Kier molecular flexibility index (Phi) is 2.65. The van der Waals surface area contributed by atoms with Crippen LogP contribution in [0.3, 0.4) is 0 Å². The zero-order chi connectivity index (χ0) is 11.7. The molecule has 0 amide bonds. The number of hydrogen-bond donors (Lipinski definition) is 0. The smallest absolute Gasteiger partial charge is 0.181 e. The van der Waals surface area contributed by atoms with Crippen molar-refractivity contribution in [1.29, 1.82) is 0 Å². The Bertz CT molecular complexity index is 503. The fraction of sp³-hybridized carbons (Fsp3) is 0.385. The number of likely N-dealkylation sites (N-methyl/N-ethyl adjacent to an activating group) is 1. The van der Waals surface area contributed by atoms with Gasteiger partial charge in [-0.15, -0.1) is 0 Å². The summed E-state index contributed by atoms with van der Waals surface area (Å²) >= 11 is 0. The van der Waals surface area contributed by atoms with E-state index in [0.29, 0.717) is 0 Å². The summed E-state index contributed by atoms with van der Waals surface area (Å²) in [5.74, 6) is 1.93. The first-order chi connectivity index (χ1) is 8.36. The van der Waals surface area contributed by atoms with Gasteiger partial charge in [0, 0.05) is 12.1 Å². The van der Waals surface area contributed by atoms with Gasteiger partial charge in [0.15, 0.2) is 5.82 Å². The summed E-state index contributed by atoms with van der Waals surface area (Å²) < 4.78 is 2.04. The maximum atomic E-state index is 4.63. The van der Waals surface area contributed by atoms with Gasteiger partial charge in [0.05, 0.1) is 13.1 Å². The molecule has 0 spiro atoms. The summed E-state index contributed by atoms with van der Waals surface area (Å²) in [6.45, 7) is 6.19. The van der Waals surface area contributed by atoms with Crippen molar-refractivity contribution >= 4 is 0 Å². The molecule has 0 saturated heterocycles. The minimum absolute atomic E-state index is 0.846. The Balaban J connectivity index is 1.93. The van der Waals surface area contributed by atoms with Crippen LogP contribution in [0.4, 0.5) is 0 Å². The van der Waals surface area contributed by atoms with Crippen LogP contribution in [0.1, 0.15) is 12.7 Å². The third-order valence-corrected chi connectivity index (χ3v) is 3.22. The van der Waals surface area contributed by atoms with E-state index in [4.69, 9.17) is 0 Å². The molecule has 0 saturated carbocycles. The number of nitrogens with zero attached hydrogens (tertiary/aromatic N) is 4. The Hall–Kier alpha value is -1.68. The maximum absolute atomic E-state index is 4.63. The molecule has 3 rings (SSSR count). The second kappa shape index (κ2) is 4.30. The van der Waals surface area contributed by atoms with E-state index < -0.39 is 0 Å². The first-order valence-electron chi connectivity index (χ1n) is 6.08. The third-order valence-electron chi connectivity index (χ3n) is 3.22. The van der Waals surface area contributed by atoms with E-state index in [9.17, 15) is 0 Å². The quantitative estimate of drug-likeness (QED) is 0.785. The summed E-state index contributed by atoms with van der Waals surface area (Å²) in [6, 6.07) is 10.2. The van der Waals surface area contributed by atoms with Crippen LogP contribution in [-0.2, 0) is 13.1 Å². The SMILES string of the molecule is CCN1CCn2nc(-c3ccccc3)nc2C1. The summed E-state index contributed by atoms with van der Waals surface area (Å²) in [4.78, 5) is 7.02. The molecule has 17 heavy (non-hydrogen) atoms. The first-order valence-corrected chi connectivity index (χ1v) is 6.08. The summed E-state index contributed by atoms with van der Waals surface area (Å²) in [5.41, 5.74) is 1.09. The second-order valence-electron chi connectivity index (χ2n) is 4.31. The molecular formula is C13H16N4. The van der Waals surface area contributed by atoms with Crippen molar-refractivity contribution in [3.63, 3.8) is 0 Å². The average molecular weight is 228 g/mol. The van der Waals surface area contributed by atoms with E-state index in [1.165, 1.54) is 0 Å². The van der Waals surface area contributed by atoms with E-state index in [-0.39, 0.29) is 0 Å². The van der Waals surface area contributed by atoms with Gasteiger partial charge in [-0.3, -0.25) is 4.90 Å². The standard InChI is InChI=1S/C13H16N4/c1-2-16-8-9-17-12(10-16)14-13(15-17)11-6-4-3-5-7-11/h3-7H,2,8-10H2,1H3. The molecule has 1 aliphatic heterocycles. The third kappa shape index (κ3) is 1.96. The van der Waals surface area contributed by atoms with Gasteiger partial charge >= 0.3 is 0 Å². The zero-order valence-corrected chi connectivity index (χ0v) is 10.0. The average Bonchev–Trinajstić information content (AvgIpc) is 2.82. The van der Waals surface area contributed by atoms with E-state index in [0.717, 1.165) is 43.4 Å². The number of fused-ring (bicyclic) bond motifs is 1. The molecule has 1 aromatic heterocycles. The molecule has 0 aliphatic carbocycles. The molecular weight excluding hydrogens is 212 g/mol. The van der Waals surface area contributed by atoms with Gasteiger partial charge in [0.2, 0.25) is 0 Å². The molecule has 2 aromatic rings. The lowest BCUT2D eigenvalue weighted by Gasteiger charge is -2.24. The van der Waals surface area contributed by atoms with Crippen LogP contribution in [0, 0.1) is 0 Å². The lowest BCUT2D eigenvalue weighted by molar-refractivity contribution is 0.220. The van der Waals surface area contributed by atoms with E-state index in [2.05, 4.69) is 34.0 Å². The van der Waals surface area contributed by atoms with E-state index in [1.807, 2.05) is 22.9 Å². The highest BCUT2D eigenvalue weighted by Gasteiger charge is 2.18. The minimum Gasteiger partial charge on any atom is -0.294 e. The lowest BCUT2D eigenvalue weighted by atomic mass is 10.2. The molecule has 1 aliphatic rings. The molecule has 1 aromatic carbocycles. The van der Waals surface area contributed by atoms with E-state index in [1.54, 1.807) is 0 Å². The first kappa shape index (κ1) is 10.5. The van der Waals surface area contributed by atoms with Gasteiger partial charge in [0.25, 0.3) is 0 Å². The maximum Gasteiger partial charge on any atom is 0.181 e. The molecule has 0 unspecified atom stereocenters. The Morgan fingerprint density at radius 2 is 2.00 bits per heavy atom. The molecule has 88 valence electrons. The van der Waals surface area contributed by atoms with Crippen molar-refractivity contribution < 1.29 is 0 Å². The van der Waals surface area contributed by atoms with Crippen LogP contribution < -0.4 is 0 Å². The topological polar surface area (TPSA) is 34.0 Å². The van der Waals surface area contributed by atoms with Gasteiger partial charge in [-0.2, -0.15) is 5.10 Å². The van der Waals surface area contributed by atoms with Crippen LogP contribution in [0.25, 0.3) is 11.4 Å². The van der Waals surface area contributed by atoms with Crippen LogP contribution >= 0.6 is 0 Å². The molecule has 4 nitrogen and oxygen atoms in total. The number of hydrogen-bond acceptors (Lipinski definition) is 3. The van der Waals surface area contributed by atoms with Crippen molar-refractivity contribution in [2.75, 3.05) is 13.1 Å². The minimum atomic E-state index is 0.846. The molecule has 0 bridgehead atoms. The fourth-order valence-corrected chi connectivity index (χ4v) is 2.17. The largest absolute Gasteiger partial charge is 0.294 e. The van der Waals surface area contributed by atoms with Gasteiger partial charge in [-0.05, 0) is 6.54 Å². The van der Waals surface area contributed by atoms with Gasteiger partial charge in [0.1, 0.15) is 5.82 Å². The molecule has 0 atom stereocenters. The van der Waals surface area contributed by atoms with Gasteiger partial charge in [-0.1, -0.05) is 37.3 Å². The lowest BCUT2D eigenvalue weighted by Crippen LogP contribution is -2.33. The number of benzene rings is 1. The predicted molar refractivity (Wildman–Crippen MR) is 66.4 cm³/mol. The Labute approximate surface area is 101 Å². The summed E-state index contributed by atoms with van der Waals surface area (Å²) in [5, 5.41) is 4.57. The fourth-order valence-electron chi connectivity index (χ4n) is 2.17. The predicted octanol–water partition coefficient (Wildman–Crippen LogP) is 1.78. The van der Waals surface area contributed by atoms with Crippen molar-refractivity contribution in [3.05, 3.63) is 36.2 Å². The van der Waals surface area contributed by atoms with Crippen molar-refractivity contribution in [2.24, 2.45) is 0 Å². The summed E-state index contributed by atoms with van der Waals surface area (Å²) in [7, 11) is 0. The van der Waals surface area contributed by atoms with Crippen LogP contribution in [-0.4, -0.2) is 32.8 Å². The van der Waals surface area contributed by atoms with Crippen molar-refractivity contribution in [2.45, 2.75) is 20.0 Å². The number of rotatable bonds is 2. The monoisotopic (exact) mass is 228 g/mol. The normalized spacial score (nSPS) is 15.8. The van der Waals surface area contributed by atoms with Crippen LogP contribution in [0.5, 0.6) is 0 Å². The number of aromatic nitrogens is 3. The Morgan fingerprint density at radius 3 is 2.76 bits per heavy atom. The Morgan fingerprint density at radius 1 is 1.18 bits per heavy atom. The summed E-state index contributed by atoms with van der Waals surface area (Å²) in [6.07, 6.45) is 0. The molecule has 0 fully saturated rings. The highest BCUT2D eigenvalue weighted by Crippen LogP contribution is 2.17. The van der Waals surface area contributed by atoms with Gasteiger partial charge in [-0.25, -0.2) is 9.67 Å². The van der Waals surface area contributed by atoms with Crippen LogP contribution in [0.2, 0.25) is 0 Å². The highest BCUT2D eigenvalue weighted by molar-refractivity contribution is 5.54. The zero-order valence-electron chi connectivity index (χ0n) is 10.0. The van der Waals surface area contributed by atoms with Crippen molar-refractivity contribution in [3.8, 4) is 11.4 Å². The van der Waals surface area contributed by atoms with Crippen molar-refractivity contribution in [1.82, 2.24) is 19.7 Å². The second-order valence-corrected chi connectivity index (χ2v) is 4.31. The van der Waals surface area contributed by atoms with Crippen LogP contribution in [0.15, 0.2) is 30.3 Å². The van der Waals surface area contributed by atoms with Gasteiger partial charge < -0.3 is 0 Å².